The molecule has 96 valence electrons. The normalized spacial score (nSPS) is 13.4. The number of benzene rings is 1. The van der Waals surface area contributed by atoms with Gasteiger partial charge in [0.1, 0.15) is 0 Å². The number of nitriles is 1. The van der Waals surface area contributed by atoms with Gasteiger partial charge in [-0.2, -0.15) is 5.26 Å². The molecule has 1 atom stereocenters. The van der Waals surface area contributed by atoms with Crippen LogP contribution in [0.5, 0.6) is 0 Å². The van der Waals surface area contributed by atoms with Gasteiger partial charge in [-0.15, -0.1) is 0 Å². The second-order valence-electron chi connectivity index (χ2n) is 4.71. The minimum atomic E-state index is -0.803. The number of hydrogen-bond acceptors (Lipinski definition) is 3. The lowest BCUT2D eigenvalue weighted by molar-refractivity contribution is -0.147. The van der Waals surface area contributed by atoms with Gasteiger partial charge in [-0.05, 0) is 44.0 Å². The van der Waals surface area contributed by atoms with Gasteiger partial charge in [-0.25, -0.2) is 0 Å². The Morgan fingerprint density at radius 2 is 2.22 bits per heavy atom. The number of carboxylic acids is 1. The van der Waals surface area contributed by atoms with E-state index in [0.717, 1.165) is 11.3 Å². The van der Waals surface area contributed by atoms with Crippen molar-refractivity contribution in [3.8, 4) is 6.07 Å². The van der Waals surface area contributed by atoms with Crippen molar-refractivity contribution in [1.82, 2.24) is 0 Å². The molecule has 0 spiro atoms. The first-order valence-corrected chi connectivity index (χ1v) is 5.91. The molecule has 0 fully saturated rings. The summed E-state index contributed by atoms with van der Waals surface area (Å²) in [5.41, 5.74) is 1.59. The molecule has 1 unspecified atom stereocenters. The molecule has 1 rings (SSSR count). The highest BCUT2D eigenvalue weighted by atomic mass is 16.4. The van der Waals surface area contributed by atoms with Crippen LogP contribution >= 0.6 is 0 Å². The van der Waals surface area contributed by atoms with E-state index in [0.29, 0.717) is 18.5 Å². The third-order valence-electron chi connectivity index (χ3n) is 3.33. The number of rotatable bonds is 5. The Hall–Kier alpha value is -2.02. The van der Waals surface area contributed by atoms with Crippen molar-refractivity contribution < 1.29 is 9.90 Å². The number of nitrogens with one attached hydrogen (secondary N) is 1. The van der Waals surface area contributed by atoms with Crippen LogP contribution in [0, 0.1) is 23.7 Å². The van der Waals surface area contributed by atoms with Gasteiger partial charge < -0.3 is 10.4 Å². The molecule has 0 aromatic heterocycles. The van der Waals surface area contributed by atoms with Crippen LogP contribution in [0.4, 0.5) is 5.69 Å². The van der Waals surface area contributed by atoms with Crippen molar-refractivity contribution in [2.45, 2.75) is 27.2 Å². The molecule has 0 saturated carbocycles. The van der Waals surface area contributed by atoms with Gasteiger partial charge >= 0.3 is 5.97 Å². The van der Waals surface area contributed by atoms with Gasteiger partial charge in [0, 0.05) is 12.2 Å². The molecule has 0 bridgehead atoms. The Kier molecular flexibility index (Phi) is 4.33. The first kappa shape index (κ1) is 14.0. The van der Waals surface area contributed by atoms with Crippen LogP contribution in [0.15, 0.2) is 18.2 Å². The van der Waals surface area contributed by atoms with Crippen LogP contribution in [-0.4, -0.2) is 17.6 Å². The topological polar surface area (TPSA) is 73.1 Å². The molecule has 0 aliphatic heterocycles. The predicted octanol–water partition coefficient (Wildman–Crippen LogP) is 2.78. The lowest BCUT2D eigenvalue weighted by Gasteiger charge is -2.24. The quantitative estimate of drug-likeness (QED) is 0.837. The number of carboxylic acid groups (broad SMARTS) is 1. The third-order valence-corrected chi connectivity index (χ3v) is 3.33. The van der Waals surface area contributed by atoms with Gasteiger partial charge in [0.2, 0.25) is 0 Å². The van der Waals surface area contributed by atoms with E-state index < -0.39 is 11.4 Å². The Bertz CT molecular complexity index is 491. The number of hydrogen-bond donors (Lipinski definition) is 2. The second-order valence-corrected chi connectivity index (χ2v) is 4.71. The highest BCUT2D eigenvalue weighted by Gasteiger charge is 2.30. The maximum absolute atomic E-state index is 11.2. The highest BCUT2D eigenvalue weighted by molar-refractivity contribution is 5.75. The molecule has 18 heavy (non-hydrogen) atoms. The van der Waals surface area contributed by atoms with E-state index >= 15 is 0 Å². The largest absolute Gasteiger partial charge is 0.481 e. The van der Waals surface area contributed by atoms with E-state index in [1.54, 1.807) is 19.1 Å². The molecule has 0 heterocycles. The van der Waals surface area contributed by atoms with Crippen molar-refractivity contribution in [1.29, 1.82) is 5.26 Å². The van der Waals surface area contributed by atoms with Crippen LogP contribution in [0.2, 0.25) is 0 Å². The molecule has 0 aliphatic rings. The van der Waals surface area contributed by atoms with Crippen molar-refractivity contribution >= 4 is 11.7 Å². The van der Waals surface area contributed by atoms with E-state index in [9.17, 15) is 4.79 Å². The van der Waals surface area contributed by atoms with E-state index in [2.05, 4.69) is 11.4 Å². The molecule has 2 N–H and O–H groups in total. The SMILES string of the molecule is CCC(C)(CNc1ccc(C#N)c(C)c1)C(=O)O. The first-order chi connectivity index (χ1) is 8.42. The zero-order valence-corrected chi connectivity index (χ0v) is 10.9. The molecule has 4 heteroatoms. The summed E-state index contributed by atoms with van der Waals surface area (Å²) in [7, 11) is 0. The van der Waals surface area contributed by atoms with Gasteiger partial charge in [0.15, 0.2) is 0 Å². The Morgan fingerprint density at radius 1 is 1.56 bits per heavy atom. The van der Waals surface area contributed by atoms with Crippen LogP contribution in [0.1, 0.15) is 31.4 Å². The monoisotopic (exact) mass is 246 g/mol. The Labute approximate surface area is 107 Å². The van der Waals surface area contributed by atoms with Crippen LogP contribution < -0.4 is 5.32 Å². The molecular formula is C14H18N2O2. The van der Waals surface area contributed by atoms with Crippen molar-refractivity contribution in [2.24, 2.45) is 5.41 Å². The average molecular weight is 246 g/mol. The Balaban J connectivity index is 2.78. The lowest BCUT2D eigenvalue weighted by Crippen LogP contribution is -2.34. The number of anilines is 1. The highest BCUT2D eigenvalue weighted by Crippen LogP contribution is 2.23. The molecule has 0 saturated heterocycles. The zero-order valence-electron chi connectivity index (χ0n) is 10.9. The lowest BCUT2D eigenvalue weighted by atomic mass is 9.87. The summed E-state index contributed by atoms with van der Waals surface area (Å²) in [6.45, 7) is 5.81. The summed E-state index contributed by atoms with van der Waals surface area (Å²) in [6.07, 6.45) is 0.560. The van der Waals surface area contributed by atoms with Gasteiger partial charge in [-0.3, -0.25) is 4.79 Å². The second kappa shape index (κ2) is 5.54. The molecular weight excluding hydrogens is 228 g/mol. The summed E-state index contributed by atoms with van der Waals surface area (Å²) in [4.78, 5) is 11.2. The first-order valence-electron chi connectivity index (χ1n) is 5.91. The zero-order chi connectivity index (χ0) is 13.8. The average Bonchev–Trinajstić information content (AvgIpc) is 2.35. The molecule has 0 amide bonds. The summed E-state index contributed by atoms with van der Waals surface area (Å²) in [5.74, 6) is -0.803. The summed E-state index contributed by atoms with van der Waals surface area (Å²) >= 11 is 0. The maximum Gasteiger partial charge on any atom is 0.311 e. The molecule has 0 radical (unpaired) electrons. The van der Waals surface area contributed by atoms with Crippen molar-refractivity contribution in [3.63, 3.8) is 0 Å². The fourth-order valence-electron chi connectivity index (χ4n) is 1.55. The number of nitrogens with zero attached hydrogens (tertiary/aromatic N) is 1. The predicted molar refractivity (Wildman–Crippen MR) is 70.4 cm³/mol. The molecule has 4 nitrogen and oxygen atoms in total. The minimum Gasteiger partial charge on any atom is -0.481 e. The van der Waals surface area contributed by atoms with Gasteiger partial charge in [0.25, 0.3) is 0 Å². The fourth-order valence-corrected chi connectivity index (χ4v) is 1.55. The van der Waals surface area contributed by atoms with Crippen LogP contribution in [-0.2, 0) is 4.79 Å². The summed E-state index contributed by atoms with van der Waals surface area (Å²) in [6, 6.07) is 7.49. The van der Waals surface area contributed by atoms with Gasteiger partial charge in [0.05, 0.1) is 17.0 Å². The van der Waals surface area contributed by atoms with Gasteiger partial charge in [-0.1, -0.05) is 6.92 Å². The van der Waals surface area contributed by atoms with E-state index in [1.807, 2.05) is 19.9 Å². The van der Waals surface area contributed by atoms with Crippen LogP contribution in [0.3, 0.4) is 0 Å². The van der Waals surface area contributed by atoms with E-state index in [4.69, 9.17) is 10.4 Å². The third kappa shape index (κ3) is 3.01. The number of carbonyl (C=O) groups is 1. The number of aryl methyl sites for hydroxylation is 1. The van der Waals surface area contributed by atoms with Crippen molar-refractivity contribution in [2.75, 3.05) is 11.9 Å². The molecule has 1 aromatic rings. The Morgan fingerprint density at radius 3 is 2.67 bits per heavy atom. The van der Waals surface area contributed by atoms with Crippen molar-refractivity contribution in [3.05, 3.63) is 29.3 Å². The molecule has 1 aromatic carbocycles. The van der Waals surface area contributed by atoms with Crippen LogP contribution in [0.25, 0.3) is 0 Å². The van der Waals surface area contributed by atoms with E-state index in [1.165, 1.54) is 0 Å². The fraction of sp³-hybridized carbons (Fsp3) is 0.429. The number of aliphatic carboxylic acids is 1. The smallest absolute Gasteiger partial charge is 0.311 e. The molecule has 0 aliphatic carbocycles. The maximum atomic E-state index is 11.2. The summed E-state index contributed by atoms with van der Waals surface area (Å²) < 4.78 is 0. The summed E-state index contributed by atoms with van der Waals surface area (Å²) in [5, 5.41) is 21.1. The standard InChI is InChI=1S/C14H18N2O2/c1-4-14(3,13(17)18)9-16-12-6-5-11(8-15)10(2)7-12/h5-7,16H,4,9H2,1-3H3,(H,17,18). The minimum absolute atomic E-state index is 0.365. The van der Waals surface area contributed by atoms with E-state index in [-0.39, 0.29) is 0 Å².